The van der Waals surface area contributed by atoms with Gasteiger partial charge in [0.15, 0.2) is 0 Å². The lowest BCUT2D eigenvalue weighted by atomic mass is 10.1. The van der Waals surface area contributed by atoms with Crippen LogP contribution in [0.3, 0.4) is 0 Å². The Bertz CT molecular complexity index is 376. The van der Waals surface area contributed by atoms with E-state index >= 15 is 0 Å². The Morgan fingerprint density at radius 1 is 1.05 bits per heavy atom. The molecule has 1 aromatic rings. The van der Waals surface area contributed by atoms with Gasteiger partial charge in [-0.05, 0) is 37.9 Å². The van der Waals surface area contributed by atoms with Crippen LogP contribution < -0.4 is 5.32 Å². The van der Waals surface area contributed by atoms with Crippen LogP contribution in [0.15, 0.2) is 30.3 Å². The van der Waals surface area contributed by atoms with Gasteiger partial charge < -0.3 is 10.1 Å². The lowest BCUT2D eigenvalue weighted by Gasteiger charge is -2.26. The molecule has 1 atom stereocenters. The van der Waals surface area contributed by atoms with E-state index in [2.05, 4.69) is 40.5 Å². The van der Waals surface area contributed by atoms with E-state index in [1.54, 1.807) is 0 Å². The first-order valence-corrected chi connectivity index (χ1v) is 7.52. The quantitative estimate of drug-likeness (QED) is 0.896. The molecule has 2 aliphatic heterocycles. The Labute approximate surface area is 115 Å². The fraction of sp³-hybridized carbons (Fsp3) is 0.625. The SMILES string of the molecule is c1ccc(CN2CCC(OC3CCNCC3)C2)cc1. The summed E-state index contributed by atoms with van der Waals surface area (Å²) in [5, 5.41) is 3.39. The number of likely N-dealkylation sites (tertiary alicyclic amines) is 1. The zero-order chi connectivity index (χ0) is 12.9. The molecule has 0 aromatic heterocycles. The molecule has 3 nitrogen and oxygen atoms in total. The van der Waals surface area contributed by atoms with E-state index in [-0.39, 0.29) is 0 Å². The topological polar surface area (TPSA) is 24.5 Å². The van der Waals surface area contributed by atoms with Gasteiger partial charge in [-0.1, -0.05) is 30.3 Å². The standard InChI is InChI=1S/C16H24N2O/c1-2-4-14(5-3-1)12-18-11-8-16(13-18)19-15-6-9-17-10-7-15/h1-5,15-17H,6-13H2. The Kier molecular flexibility index (Phi) is 4.49. The van der Waals surface area contributed by atoms with Gasteiger partial charge in [-0.3, -0.25) is 4.90 Å². The van der Waals surface area contributed by atoms with Gasteiger partial charge in [0.05, 0.1) is 12.2 Å². The molecule has 104 valence electrons. The van der Waals surface area contributed by atoms with E-state index in [1.165, 1.54) is 31.4 Å². The third-order valence-corrected chi connectivity index (χ3v) is 4.15. The fourth-order valence-corrected chi connectivity index (χ4v) is 3.10. The lowest BCUT2D eigenvalue weighted by Crippen LogP contribution is -2.35. The van der Waals surface area contributed by atoms with Crippen molar-refractivity contribution in [1.29, 1.82) is 0 Å². The summed E-state index contributed by atoms with van der Waals surface area (Å²) >= 11 is 0. The van der Waals surface area contributed by atoms with Gasteiger partial charge in [0.25, 0.3) is 0 Å². The molecule has 0 aliphatic carbocycles. The number of piperidine rings is 1. The van der Waals surface area contributed by atoms with Crippen molar-refractivity contribution in [3.63, 3.8) is 0 Å². The predicted octanol–water partition coefficient (Wildman–Crippen LogP) is 2.03. The Hall–Kier alpha value is -0.900. The molecule has 0 bridgehead atoms. The molecule has 2 heterocycles. The Morgan fingerprint density at radius 2 is 1.84 bits per heavy atom. The van der Waals surface area contributed by atoms with Gasteiger partial charge in [0.1, 0.15) is 0 Å². The summed E-state index contributed by atoms with van der Waals surface area (Å²) in [7, 11) is 0. The first kappa shape index (κ1) is 13.1. The highest BCUT2D eigenvalue weighted by Gasteiger charge is 2.26. The van der Waals surface area contributed by atoms with Crippen molar-refractivity contribution in [2.75, 3.05) is 26.2 Å². The number of hydrogen-bond donors (Lipinski definition) is 1. The molecule has 0 amide bonds. The van der Waals surface area contributed by atoms with Crippen LogP contribution in [0, 0.1) is 0 Å². The fourth-order valence-electron chi connectivity index (χ4n) is 3.10. The molecule has 2 fully saturated rings. The number of nitrogens with one attached hydrogen (secondary N) is 1. The zero-order valence-corrected chi connectivity index (χ0v) is 11.6. The van der Waals surface area contributed by atoms with Crippen LogP contribution in [0.5, 0.6) is 0 Å². The lowest BCUT2D eigenvalue weighted by molar-refractivity contribution is -0.0209. The molecule has 2 aliphatic rings. The van der Waals surface area contributed by atoms with Crippen molar-refractivity contribution >= 4 is 0 Å². The van der Waals surface area contributed by atoms with E-state index in [0.29, 0.717) is 12.2 Å². The third kappa shape index (κ3) is 3.78. The van der Waals surface area contributed by atoms with Gasteiger partial charge in [0, 0.05) is 19.6 Å². The summed E-state index contributed by atoms with van der Waals surface area (Å²) < 4.78 is 6.24. The third-order valence-electron chi connectivity index (χ3n) is 4.15. The van der Waals surface area contributed by atoms with E-state index in [0.717, 1.165) is 26.2 Å². The summed E-state index contributed by atoms with van der Waals surface area (Å²) in [5.41, 5.74) is 1.41. The second-order valence-electron chi connectivity index (χ2n) is 5.72. The molecule has 1 N–H and O–H groups in total. The van der Waals surface area contributed by atoms with Gasteiger partial charge in [-0.15, -0.1) is 0 Å². The van der Waals surface area contributed by atoms with Crippen LogP contribution in [0.2, 0.25) is 0 Å². The highest BCUT2D eigenvalue weighted by Crippen LogP contribution is 2.19. The van der Waals surface area contributed by atoms with E-state index < -0.39 is 0 Å². The predicted molar refractivity (Wildman–Crippen MR) is 77.1 cm³/mol. The molecular formula is C16H24N2O. The maximum Gasteiger partial charge on any atom is 0.0718 e. The minimum atomic E-state index is 0.451. The smallest absolute Gasteiger partial charge is 0.0718 e. The molecule has 3 heteroatoms. The molecular weight excluding hydrogens is 236 g/mol. The highest BCUT2D eigenvalue weighted by atomic mass is 16.5. The first-order valence-electron chi connectivity index (χ1n) is 7.52. The van der Waals surface area contributed by atoms with E-state index in [9.17, 15) is 0 Å². The van der Waals surface area contributed by atoms with E-state index in [4.69, 9.17) is 4.74 Å². The highest BCUT2D eigenvalue weighted by molar-refractivity contribution is 5.14. The van der Waals surface area contributed by atoms with Crippen LogP contribution in [-0.4, -0.2) is 43.3 Å². The monoisotopic (exact) mass is 260 g/mol. The summed E-state index contributed by atoms with van der Waals surface area (Å²) in [5.74, 6) is 0. The normalized spacial score (nSPS) is 25.8. The van der Waals surface area contributed by atoms with Crippen molar-refractivity contribution in [3.05, 3.63) is 35.9 Å². The van der Waals surface area contributed by atoms with Crippen molar-refractivity contribution in [2.24, 2.45) is 0 Å². The van der Waals surface area contributed by atoms with Crippen molar-refractivity contribution in [3.8, 4) is 0 Å². The largest absolute Gasteiger partial charge is 0.374 e. The molecule has 0 saturated carbocycles. The summed E-state index contributed by atoms with van der Waals surface area (Å²) in [4.78, 5) is 2.51. The molecule has 19 heavy (non-hydrogen) atoms. The maximum atomic E-state index is 6.24. The molecule has 0 radical (unpaired) electrons. The first-order chi connectivity index (χ1) is 9.40. The molecule has 3 rings (SSSR count). The summed E-state index contributed by atoms with van der Waals surface area (Å²) in [6, 6.07) is 10.7. The van der Waals surface area contributed by atoms with Gasteiger partial charge >= 0.3 is 0 Å². The van der Waals surface area contributed by atoms with Crippen molar-refractivity contribution in [2.45, 2.75) is 38.0 Å². The van der Waals surface area contributed by atoms with Crippen molar-refractivity contribution < 1.29 is 4.74 Å². The van der Waals surface area contributed by atoms with Crippen LogP contribution in [0.4, 0.5) is 0 Å². The summed E-state index contributed by atoms with van der Waals surface area (Å²) in [6.07, 6.45) is 4.48. The number of rotatable bonds is 4. The van der Waals surface area contributed by atoms with Gasteiger partial charge in [-0.2, -0.15) is 0 Å². The molecule has 2 saturated heterocycles. The van der Waals surface area contributed by atoms with Gasteiger partial charge in [0.2, 0.25) is 0 Å². The van der Waals surface area contributed by atoms with Gasteiger partial charge in [-0.25, -0.2) is 0 Å². The average Bonchev–Trinajstić information content (AvgIpc) is 2.88. The minimum absolute atomic E-state index is 0.451. The van der Waals surface area contributed by atoms with Crippen LogP contribution in [-0.2, 0) is 11.3 Å². The van der Waals surface area contributed by atoms with E-state index in [1.807, 2.05) is 0 Å². The van der Waals surface area contributed by atoms with Crippen LogP contribution >= 0.6 is 0 Å². The minimum Gasteiger partial charge on any atom is -0.374 e. The Balaban J connectivity index is 1.44. The zero-order valence-electron chi connectivity index (χ0n) is 11.6. The number of ether oxygens (including phenoxy) is 1. The number of hydrogen-bond acceptors (Lipinski definition) is 3. The molecule has 1 unspecified atom stereocenters. The second kappa shape index (κ2) is 6.51. The maximum absolute atomic E-state index is 6.24. The van der Waals surface area contributed by atoms with Crippen molar-refractivity contribution in [1.82, 2.24) is 10.2 Å². The number of nitrogens with zero attached hydrogens (tertiary/aromatic N) is 1. The number of benzene rings is 1. The average molecular weight is 260 g/mol. The molecule has 0 spiro atoms. The van der Waals surface area contributed by atoms with Crippen LogP contribution in [0.1, 0.15) is 24.8 Å². The van der Waals surface area contributed by atoms with Crippen LogP contribution in [0.25, 0.3) is 0 Å². The second-order valence-corrected chi connectivity index (χ2v) is 5.72. The molecule has 1 aromatic carbocycles. The Morgan fingerprint density at radius 3 is 2.63 bits per heavy atom. The summed E-state index contributed by atoms with van der Waals surface area (Å²) in [6.45, 7) is 5.56.